The lowest BCUT2D eigenvalue weighted by Crippen LogP contribution is -2.23. The Morgan fingerprint density at radius 3 is 2.52 bits per heavy atom. The van der Waals surface area contributed by atoms with Gasteiger partial charge in [-0.05, 0) is 49.8 Å². The Bertz CT molecular complexity index is 1140. The first-order chi connectivity index (χ1) is 12.2. The van der Waals surface area contributed by atoms with Gasteiger partial charge in [0.2, 0.25) is 0 Å². The van der Waals surface area contributed by atoms with Gasteiger partial charge in [-0.3, -0.25) is 4.79 Å². The first-order valence-corrected chi connectivity index (χ1v) is 9.29. The van der Waals surface area contributed by atoms with E-state index in [1.165, 1.54) is 17.0 Å². The summed E-state index contributed by atoms with van der Waals surface area (Å²) in [6.07, 6.45) is 1.95. The molecule has 4 aromatic rings. The van der Waals surface area contributed by atoms with Crippen molar-refractivity contribution in [2.45, 2.75) is 13.8 Å². The van der Waals surface area contributed by atoms with Crippen LogP contribution in [-0.2, 0) is 0 Å². The van der Waals surface area contributed by atoms with Gasteiger partial charge in [0.05, 0.1) is 15.6 Å². The van der Waals surface area contributed by atoms with Crippen molar-refractivity contribution < 1.29 is 0 Å². The number of anilines is 1. The lowest BCUT2D eigenvalue weighted by atomic mass is 10.2. The van der Waals surface area contributed by atoms with Crippen molar-refractivity contribution in [3.05, 3.63) is 69.0 Å². The van der Waals surface area contributed by atoms with E-state index in [-0.39, 0.29) is 5.56 Å². The predicted octanol–water partition coefficient (Wildman–Crippen LogP) is 3.30. The van der Waals surface area contributed by atoms with E-state index in [4.69, 9.17) is 0 Å². The molecule has 0 saturated heterocycles. The number of hydrogen-bond acceptors (Lipinski definition) is 4. The predicted molar refractivity (Wildman–Crippen MR) is 106 cm³/mol. The third-order valence-corrected chi connectivity index (χ3v) is 5.43. The smallest absolute Gasteiger partial charge is 0.274 e. The SMILES string of the molecule is CCN(CC)c1ccc(/C=c2/sc3nc4ccccc4n3c2=O)cc1. The van der Waals surface area contributed by atoms with Gasteiger partial charge in [-0.2, -0.15) is 0 Å². The van der Waals surface area contributed by atoms with Crippen LogP contribution in [0.2, 0.25) is 0 Å². The molecule has 0 N–H and O–H groups in total. The Morgan fingerprint density at radius 2 is 1.80 bits per heavy atom. The van der Waals surface area contributed by atoms with Crippen LogP contribution in [0.5, 0.6) is 0 Å². The van der Waals surface area contributed by atoms with E-state index in [0.29, 0.717) is 4.53 Å². The molecule has 0 aliphatic carbocycles. The van der Waals surface area contributed by atoms with Gasteiger partial charge in [-0.15, -0.1) is 0 Å². The molecule has 0 atom stereocenters. The number of benzene rings is 2. The zero-order chi connectivity index (χ0) is 17.4. The van der Waals surface area contributed by atoms with Gasteiger partial charge in [-0.25, -0.2) is 9.38 Å². The average Bonchev–Trinajstić information content (AvgIpc) is 3.14. The Hall–Kier alpha value is -2.66. The van der Waals surface area contributed by atoms with Gasteiger partial charge in [0.25, 0.3) is 5.56 Å². The van der Waals surface area contributed by atoms with Gasteiger partial charge >= 0.3 is 0 Å². The maximum absolute atomic E-state index is 12.8. The van der Waals surface area contributed by atoms with Crippen LogP contribution < -0.4 is 15.0 Å². The highest BCUT2D eigenvalue weighted by molar-refractivity contribution is 7.15. The molecule has 126 valence electrons. The van der Waals surface area contributed by atoms with Crippen molar-refractivity contribution >= 4 is 39.1 Å². The molecule has 0 spiro atoms. The quantitative estimate of drug-likeness (QED) is 0.567. The highest BCUT2D eigenvalue weighted by Crippen LogP contribution is 2.17. The molecule has 2 aromatic carbocycles. The summed E-state index contributed by atoms with van der Waals surface area (Å²) in [6, 6.07) is 16.1. The average molecular weight is 349 g/mol. The van der Waals surface area contributed by atoms with Gasteiger partial charge < -0.3 is 4.90 Å². The van der Waals surface area contributed by atoms with E-state index in [1.807, 2.05) is 30.3 Å². The molecule has 0 unspecified atom stereocenters. The molecule has 0 fully saturated rings. The first-order valence-electron chi connectivity index (χ1n) is 8.48. The third kappa shape index (κ3) is 2.70. The standard InChI is InChI=1S/C20H19N3OS/c1-3-22(4-2)15-11-9-14(10-12-15)13-18-19(24)23-17-8-6-5-7-16(17)21-20(23)25-18/h5-13H,3-4H2,1-2H3/b18-13+. The fourth-order valence-electron chi connectivity index (χ4n) is 3.13. The molecule has 2 heterocycles. The maximum Gasteiger partial charge on any atom is 0.274 e. The molecule has 0 saturated carbocycles. The number of thiazole rings is 1. The molecule has 0 bridgehead atoms. The highest BCUT2D eigenvalue weighted by Gasteiger charge is 2.10. The van der Waals surface area contributed by atoms with Crippen LogP contribution in [0.1, 0.15) is 19.4 Å². The minimum atomic E-state index is 0.00141. The van der Waals surface area contributed by atoms with Gasteiger partial charge in [-0.1, -0.05) is 35.6 Å². The molecule has 4 rings (SSSR count). The van der Waals surface area contributed by atoms with Gasteiger partial charge in [0.15, 0.2) is 4.96 Å². The zero-order valence-electron chi connectivity index (χ0n) is 14.3. The molecule has 0 aliphatic heterocycles. The largest absolute Gasteiger partial charge is 0.372 e. The van der Waals surface area contributed by atoms with E-state index in [0.717, 1.165) is 34.6 Å². The van der Waals surface area contributed by atoms with Crippen LogP contribution in [-0.4, -0.2) is 22.5 Å². The van der Waals surface area contributed by atoms with Crippen LogP contribution in [0.3, 0.4) is 0 Å². The Balaban J connectivity index is 1.79. The Labute approximate surface area is 149 Å². The van der Waals surface area contributed by atoms with Crippen molar-refractivity contribution in [1.82, 2.24) is 9.38 Å². The second kappa shape index (κ2) is 6.33. The van der Waals surface area contributed by atoms with Crippen LogP contribution in [0, 0.1) is 0 Å². The van der Waals surface area contributed by atoms with E-state index < -0.39 is 0 Å². The molecular formula is C20H19N3OS. The number of aromatic nitrogens is 2. The molecular weight excluding hydrogens is 330 g/mol. The second-order valence-corrected chi connectivity index (χ2v) is 6.91. The normalized spacial score (nSPS) is 12.3. The molecule has 5 heteroatoms. The second-order valence-electron chi connectivity index (χ2n) is 5.90. The van der Waals surface area contributed by atoms with Crippen molar-refractivity contribution in [1.29, 1.82) is 0 Å². The first kappa shape index (κ1) is 15.8. The number of imidazole rings is 1. The van der Waals surface area contributed by atoms with Crippen molar-refractivity contribution in [3.8, 4) is 0 Å². The van der Waals surface area contributed by atoms with Crippen molar-refractivity contribution in [3.63, 3.8) is 0 Å². The number of hydrogen-bond donors (Lipinski definition) is 0. The molecule has 0 radical (unpaired) electrons. The van der Waals surface area contributed by atoms with Gasteiger partial charge in [0.1, 0.15) is 0 Å². The number of rotatable bonds is 4. The van der Waals surface area contributed by atoms with Gasteiger partial charge in [0, 0.05) is 18.8 Å². The fraction of sp³-hybridized carbons (Fsp3) is 0.200. The summed E-state index contributed by atoms with van der Waals surface area (Å²) in [4.78, 5) is 20.4. The Morgan fingerprint density at radius 1 is 1.08 bits per heavy atom. The lowest BCUT2D eigenvalue weighted by Gasteiger charge is -2.20. The Kier molecular flexibility index (Phi) is 4.01. The van der Waals surface area contributed by atoms with Crippen LogP contribution >= 0.6 is 11.3 Å². The zero-order valence-corrected chi connectivity index (χ0v) is 15.1. The van der Waals surface area contributed by atoms with E-state index >= 15 is 0 Å². The van der Waals surface area contributed by atoms with Crippen molar-refractivity contribution in [2.75, 3.05) is 18.0 Å². The summed E-state index contributed by atoms with van der Waals surface area (Å²) in [5.41, 5.74) is 3.97. The molecule has 0 amide bonds. The minimum absolute atomic E-state index is 0.00141. The molecule has 25 heavy (non-hydrogen) atoms. The monoisotopic (exact) mass is 349 g/mol. The van der Waals surface area contributed by atoms with Crippen LogP contribution in [0.4, 0.5) is 5.69 Å². The molecule has 2 aromatic heterocycles. The minimum Gasteiger partial charge on any atom is -0.372 e. The van der Waals surface area contributed by atoms with Crippen molar-refractivity contribution in [2.24, 2.45) is 0 Å². The lowest BCUT2D eigenvalue weighted by molar-refractivity contribution is 0.866. The summed E-state index contributed by atoms with van der Waals surface area (Å²) in [5, 5.41) is 0. The summed E-state index contributed by atoms with van der Waals surface area (Å²) < 4.78 is 2.42. The summed E-state index contributed by atoms with van der Waals surface area (Å²) >= 11 is 1.44. The molecule has 0 aliphatic rings. The molecule has 4 nitrogen and oxygen atoms in total. The highest BCUT2D eigenvalue weighted by atomic mass is 32.1. The third-order valence-electron chi connectivity index (χ3n) is 4.46. The van der Waals surface area contributed by atoms with E-state index in [1.54, 1.807) is 4.40 Å². The summed E-state index contributed by atoms with van der Waals surface area (Å²) in [5.74, 6) is 0. The summed E-state index contributed by atoms with van der Waals surface area (Å²) in [6.45, 7) is 6.27. The number of fused-ring (bicyclic) bond motifs is 3. The number of nitrogens with zero attached hydrogens (tertiary/aromatic N) is 3. The maximum atomic E-state index is 12.8. The van der Waals surface area contributed by atoms with E-state index in [9.17, 15) is 4.79 Å². The topological polar surface area (TPSA) is 37.6 Å². The summed E-state index contributed by atoms with van der Waals surface area (Å²) in [7, 11) is 0. The van der Waals surface area contributed by atoms with Crippen LogP contribution in [0.25, 0.3) is 22.1 Å². The number of para-hydroxylation sites is 2. The van der Waals surface area contributed by atoms with E-state index in [2.05, 4.69) is 48.0 Å². The fourth-order valence-corrected chi connectivity index (χ4v) is 4.12. The van der Waals surface area contributed by atoms with Crippen LogP contribution in [0.15, 0.2) is 53.3 Å².